The normalized spacial score (nSPS) is 12.6. The minimum Gasteiger partial charge on any atom is -0.491 e. The summed E-state index contributed by atoms with van der Waals surface area (Å²) in [6.07, 6.45) is -0.617. The van der Waals surface area contributed by atoms with Gasteiger partial charge in [0.05, 0.1) is 17.6 Å². The molecule has 1 aromatic heterocycles. The maximum Gasteiger partial charge on any atom is 0.138 e. The summed E-state index contributed by atoms with van der Waals surface area (Å²) in [4.78, 5) is 4.63. The molecule has 2 aromatic carbocycles. The first-order chi connectivity index (χ1) is 11.9. The summed E-state index contributed by atoms with van der Waals surface area (Å²) in [6.45, 7) is 11.2. The Bertz CT molecular complexity index is 890. The molecule has 0 aliphatic heterocycles. The monoisotopic (exact) mass is 338 g/mol. The van der Waals surface area contributed by atoms with Crippen molar-refractivity contribution in [2.45, 2.75) is 47.3 Å². The zero-order valence-corrected chi connectivity index (χ0v) is 15.6. The molecule has 132 valence electrons. The molecule has 0 bridgehead atoms. The molecule has 1 atom stereocenters. The highest BCUT2D eigenvalue weighted by Crippen LogP contribution is 2.25. The van der Waals surface area contributed by atoms with E-state index in [0.29, 0.717) is 19.0 Å². The maximum atomic E-state index is 10.1. The highest BCUT2D eigenvalue weighted by molar-refractivity contribution is 5.78. The number of hydrogen-bond donors (Lipinski definition) is 1. The number of fused-ring (bicyclic) bond motifs is 1. The molecule has 1 N–H and O–H groups in total. The predicted octanol–water partition coefficient (Wildman–Crippen LogP) is 4.40. The summed E-state index contributed by atoms with van der Waals surface area (Å²) in [7, 11) is 0. The quantitative estimate of drug-likeness (QED) is 0.750. The molecule has 3 aromatic rings. The van der Waals surface area contributed by atoms with E-state index < -0.39 is 6.10 Å². The van der Waals surface area contributed by atoms with Crippen molar-refractivity contribution < 1.29 is 9.84 Å². The van der Waals surface area contributed by atoms with Crippen LogP contribution in [0.4, 0.5) is 0 Å². The Morgan fingerprint density at radius 1 is 1.04 bits per heavy atom. The highest BCUT2D eigenvalue weighted by Gasteiger charge is 2.16. The fourth-order valence-corrected chi connectivity index (χ4v) is 3.22. The summed E-state index contributed by atoms with van der Waals surface area (Å²) in [6, 6.07) is 10.4. The average molecular weight is 338 g/mol. The molecule has 25 heavy (non-hydrogen) atoms. The number of aliphatic hydroxyl groups excluding tert-OH is 1. The second kappa shape index (κ2) is 6.89. The topological polar surface area (TPSA) is 47.3 Å². The molecule has 0 spiro atoms. The smallest absolute Gasteiger partial charge is 0.138 e. The number of nitrogens with zero attached hydrogens (tertiary/aromatic N) is 2. The van der Waals surface area contributed by atoms with Crippen molar-refractivity contribution in [2.24, 2.45) is 0 Å². The first kappa shape index (κ1) is 17.5. The van der Waals surface area contributed by atoms with Gasteiger partial charge in [-0.25, -0.2) is 4.98 Å². The molecular weight excluding hydrogens is 312 g/mol. The third-order valence-corrected chi connectivity index (χ3v) is 4.74. The molecule has 4 nitrogen and oxygen atoms in total. The number of imidazole rings is 1. The van der Waals surface area contributed by atoms with E-state index in [1.165, 1.54) is 11.1 Å². The number of aromatic nitrogens is 2. The molecule has 0 saturated heterocycles. The fourth-order valence-electron chi connectivity index (χ4n) is 3.22. The predicted molar refractivity (Wildman–Crippen MR) is 101 cm³/mol. The van der Waals surface area contributed by atoms with E-state index in [1.54, 1.807) is 6.92 Å². The van der Waals surface area contributed by atoms with Crippen LogP contribution < -0.4 is 4.74 Å². The first-order valence-electron chi connectivity index (χ1n) is 8.73. The Labute approximate surface area is 149 Å². The molecule has 0 aliphatic rings. The van der Waals surface area contributed by atoms with Crippen LogP contribution in [0, 0.1) is 27.7 Å². The van der Waals surface area contributed by atoms with Crippen LogP contribution in [0.5, 0.6) is 5.75 Å². The summed E-state index contributed by atoms with van der Waals surface area (Å²) in [5, 5.41) is 10.1. The second-order valence-corrected chi connectivity index (χ2v) is 6.79. The van der Waals surface area contributed by atoms with Gasteiger partial charge in [0.1, 0.15) is 24.3 Å². The Hall–Kier alpha value is -2.33. The van der Waals surface area contributed by atoms with Crippen molar-refractivity contribution in [2.75, 3.05) is 6.61 Å². The third-order valence-electron chi connectivity index (χ3n) is 4.74. The van der Waals surface area contributed by atoms with Gasteiger partial charge in [-0.05, 0) is 69.0 Å². The zero-order chi connectivity index (χ0) is 18.1. The lowest BCUT2D eigenvalue weighted by atomic mass is 10.1. The number of benzene rings is 2. The van der Waals surface area contributed by atoms with Gasteiger partial charge in [-0.3, -0.25) is 0 Å². The van der Waals surface area contributed by atoms with Crippen molar-refractivity contribution in [3.05, 3.63) is 58.4 Å². The van der Waals surface area contributed by atoms with Gasteiger partial charge in [-0.1, -0.05) is 18.2 Å². The lowest BCUT2D eigenvalue weighted by Crippen LogP contribution is -2.13. The lowest BCUT2D eigenvalue weighted by Gasteiger charge is -2.15. The van der Waals surface area contributed by atoms with Crippen molar-refractivity contribution in [1.29, 1.82) is 0 Å². The van der Waals surface area contributed by atoms with E-state index >= 15 is 0 Å². The fraction of sp³-hybridized carbons (Fsp3) is 0.381. The Balaban J connectivity index is 1.90. The van der Waals surface area contributed by atoms with Crippen molar-refractivity contribution >= 4 is 11.0 Å². The molecule has 0 aliphatic carbocycles. The van der Waals surface area contributed by atoms with Crippen molar-refractivity contribution in [1.82, 2.24) is 9.55 Å². The van der Waals surface area contributed by atoms with Crippen LogP contribution in [0.1, 0.15) is 41.1 Å². The van der Waals surface area contributed by atoms with Gasteiger partial charge in [0, 0.05) is 0 Å². The summed E-state index contributed by atoms with van der Waals surface area (Å²) >= 11 is 0. The third kappa shape index (κ3) is 3.40. The average Bonchev–Trinajstić information content (AvgIpc) is 2.89. The SMILES string of the molecule is Cc1cc2nc(C(C)O)n(CCOc3c(C)cccc3C)c2cc1C. The number of ether oxygens (including phenoxy) is 1. The Morgan fingerprint density at radius 2 is 1.68 bits per heavy atom. The first-order valence-corrected chi connectivity index (χ1v) is 8.73. The molecular formula is C21H26N2O2. The van der Waals surface area contributed by atoms with Crippen LogP contribution in [0.2, 0.25) is 0 Å². The van der Waals surface area contributed by atoms with Gasteiger partial charge in [-0.15, -0.1) is 0 Å². The molecule has 0 radical (unpaired) electrons. The summed E-state index contributed by atoms with van der Waals surface area (Å²) in [5.74, 6) is 1.63. The van der Waals surface area contributed by atoms with E-state index in [1.807, 2.05) is 6.07 Å². The van der Waals surface area contributed by atoms with E-state index in [0.717, 1.165) is 27.9 Å². The molecule has 1 unspecified atom stereocenters. The minimum atomic E-state index is -0.617. The van der Waals surface area contributed by atoms with Crippen LogP contribution in [-0.2, 0) is 6.54 Å². The minimum absolute atomic E-state index is 0.532. The lowest BCUT2D eigenvalue weighted by molar-refractivity contribution is 0.181. The van der Waals surface area contributed by atoms with Crippen LogP contribution in [0.25, 0.3) is 11.0 Å². The second-order valence-electron chi connectivity index (χ2n) is 6.79. The number of para-hydroxylation sites is 1. The summed E-state index contributed by atoms with van der Waals surface area (Å²) < 4.78 is 8.12. The number of rotatable bonds is 5. The molecule has 1 heterocycles. The molecule has 0 fully saturated rings. The molecule has 0 amide bonds. The molecule has 0 saturated carbocycles. The standard InChI is InChI=1S/C21H26N2O2/c1-13-7-6-8-14(2)20(13)25-10-9-23-19-12-16(4)15(3)11-18(19)22-21(23)17(5)24/h6-8,11-12,17,24H,9-10H2,1-5H3. The van der Waals surface area contributed by atoms with Crippen molar-refractivity contribution in [3.63, 3.8) is 0 Å². The van der Waals surface area contributed by atoms with Gasteiger partial charge < -0.3 is 14.4 Å². The number of aryl methyl sites for hydroxylation is 4. The van der Waals surface area contributed by atoms with Gasteiger partial charge in [0.15, 0.2) is 0 Å². The van der Waals surface area contributed by atoms with Gasteiger partial charge in [0.2, 0.25) is 0 Å². The van der Waals surface area contributed by atoms with Crippen LogP contribution in [0.3, 0.4) is 0 Å². The van der Waals surface area contributed by atoms with Crippen LogP contribution >= 0.6 is 0 Å². The molecule has 3 rings (SSSR count). The van der Waals surface area contributed by atoms with E-state index in [2.05, 4.69) is 61.5 Å². The largest absolute Gasteiger partial charge is 0.491 e. The Morgan fingerprint density at radius 3 is 2.32 bits per heavy atom. The highest BCUT2D eigenvalue weighted by atomic mass is 16.5. The number of aliphatic hydroxyl groups is 1. The van der Waals surface area contributed by atoms with Gasteiger partial charge >= 0.3 is 0 Å². The summed E-state index contributed by atoms with van der Waals surface area (Å²) in [5.41, 5.74) is 6.67. The number of hydrogen-bond acceptors (Lipinski definition) is 3. The zero-order valence-electron chi connectivity index (χ0n) is 15.6. The van der Waals surface area contributed by atoms with Crippen LogP contribution in [0.15, 0.2) is 30.3 Å². The van der Waals surface area contributed by atoms with Crippen LogP contribution in [-0.4, -0.2) is 21.3 Å². The van der Waals surface area contributed by atoms with Gasteiger partial charge in [0.25, 0.3) is 0 Å². The Kier molecular flexibility index (Phi) is 4.82. The molecule has 4 heteroatoms. The maximum absolute atomic E-state index is 10.1. The van der Waals surface area contributed by atoms with Crippen molar-refractivity contribution in [3.8, 4) is 5.75 Å². The van der Waals surface area contributed by atoms with E-state index in [-0.39, 0.29) is 0 Å². The van der Waals surface area contributed by atoms with E-state index in [9.17, 15) is 5.11 Å². The van der Waals surface area contributed by atoms with E-state index in [4.69, 9.17) is 4.74 Å². The van der Waals surface area contributed by atoms with Gasteiger partial charge in [-0.2, -0.15) is 0 Å².